The lowest BCUT2D eigenvalue weighted by molar-refractivity contribution is -0.152. The van der Waals surface area contributed by atoms with Crippen LogP contribution in [0.4, 0.5) is 0 Å². The minimum absolute atomic E-state index is 0.313. The zero-order valence-corrected chi connectivity index (χ0v) is 15.9. The third-order valence-electron chi connectivity index (χ3n) is 4.16. The Bertz CT molecular complexity index is 647. The Morgan fingerprint density at radius 2 is 1.69 bits per heavy atom. The summed E-state index contributed by atoms with van der Waals surface area (Å²) in [5, 5.41) is 10.9. The maximum atomic E-state index is 12.5. The Morgan fingerprint density at radius 1 is 1.19 bits per heavy atom. The van der Waals surface area contributed by atoms with Crippen molar-refractivity contribution in [2.75, 3.05) is 27.2 Å². The van der Waals surface area contributed by atoms with Gasteiger partial charge in [0.15, 0.2) is 0 Å². The van der Waals surface area contributed by atoms with Gasteiger partial charge in [0.1, 0.15) is 12.5 Å². The number of benzene rings is 1. The summed E-state index contributed by atoms with van der Waals surface area (Å²) >= 11 is 0. The molecule has 0 aliphatic heterocycles. The van der Waals surface area contributed by atoms with Gasteiger partial charge in [-0.3, -0.25) is 13.9 Å². The molecule has 9 heteroatoms. The molecule has 0 radical (unpaired) electrons. The SMILES string of the molecule is CN(C)CCOC(=O)C(c1ccccc1)C1(O)CCCC1.O=S(=O)(O)O. The maximum absolute atomic E-state index is 12.5. The van der Waals surface area contributed by atoms with Crippen LogP contribution in [0.25, 0.3) is 0 Å². The molecule has 1 aliphatic rings. The van der Waals surface area contributed by atoms with Gasteiger partial charge in [0, 0.05) is 6.54 Å². The third-order valence-corrected chi connectivity index (χ3v) is 4.16. The average Bonchev–Trinajstić information content (AvgIpc) is 2.93. The van der Waals surface area contributed by atoms with Crippen molar-refractivity contribution in [2.45, 2.75) is 37.2 Å². The largest absolute Gasteiger partial charge is 0.464 e. The Balaban J connectivity index is 0.000000597. The lowest BCUT2D eigenvalue weighted by Crippen LogP contribution is -2.39. The molecule has 0 saturated heterocycles. The molecule has 3 N–H and O–H groups in total. The third kappa shape index (κ3) is 8.24. The fourth-order valence-electron chi connectivity index (χ4n) is 3.00. The number of nitrogens with zero attached hydrogens (tertiary/aromatic N) is 1. The summed E-state index contributed by atoms with van der Waals surface area (Å²) in [7, 11) is -0.792. The minimum atomic E-state index is -4.67. The van der Waals surface area contributed by atoms with Gasteiger partial charge in [-0.2, -0.15) is 8.42 Å². The van der Waals surface area contributed by atoms with Gasteiger partial charge in [0.2, 0.25) is 0 Å². The van der Waals surface area contributed by atoms with E-state index in [9.17, 15) is 9.90 Å². The number of ether oxygens (including phenoxy) is 1. The molecule has 0 heterocycles. The van der Waals surface area contributed by atoms with Gasteiger partial charge in [-0.05, 0) is 32.5 Å². The standard InChI is InChI=1S/C17H25NO3.H2O4S/c1-18(2)12-13-21-16(19)15(14-8-4-3-5-9-14)17(20)10-6-7-11-17;1-5(2,3)4/h3-5,8-9,15,20H,6-7,10-13H2,1-2H3;(H2,1,2,3,4). The van der Waals surface area contributed by atoms with Gasteiger partial charge in [-0.25, -0.2) is 0 Å². The molecule has 0 aromatic heterocycles. The highest BCUT2D eigenvalue weighted by Crippen LogP contribution is 2.41. The highest BCUT2D eigenvalue weighted by molar-refractivity contribution is 7.79. The second-order valence-corrected chi connectivity index (χ2v) is 7.47. The zero-order chi connectivity index (χ0) is 19.8. The van der Waals surface area contributed by atoms with Crippen molar-refractivity contribution >= 4 is 16.4 Å². The number of likely N-dealkylation sites (N-methyl/N-ethyl adjacent to an activating group) is 1. The van der Waals surface area contributed by atoms with Crippen LogP contribution < -0.4 is 0 Å². The number of hydrogen-bond acceptors (Lipinski definition) is 6. The van der Waals surface area contributed by atoms with E-state index in [2.05, 4.69) is 0 Å². The first-order valence-corrected chi connectivity index (χ1v) is 9.71. The molecule has 0 bridgehead atoms. The molecule has 1 unspecified atom stereocenters. The molecule has 0 amide bonds. The zero-order valence-electron chi connectivity index (χ0n) is 15.0. The van der Waals surface area contributed by atoms with Crippen LogP contribution in [0, 0.1) is 0 Å². The Hall–Kier alpha value is -1.52. The molecule has 1 atom stereocenters. The average molecular weight is 389 g/mol. The maximum Gasteiger partial charge on any atom is 0.394 e. The number of aliphatic hydroxyl groups is 1. The van der Waals surface area contributed by atoms with E-state index in [0.29, 0.717) is 26.0 Å². The van der Waals surface area contributed by atoms with E-state index in [-0.39, 0.29) is 5.97 Å². The second kappa shape index (κ2) is 9.98. The van der Waals surface area contributed by atoms with E-state index >= 15 is 0 Å². The van der Waals surface area contributed by atoms with Crippen LogP contribution in [0.3, 0.4) is 0 Å². The first-order valence-electron chi connectivity index (χ1n) is 8.31. The van der Waals surface area contributed by atoms with E-state index in [4.69, 9.17) is 22.3 Å². The Labute approximate surface area is 154 Å². The fourth-order valence-corrected chi connectivity index (χ4v) is 3.00. The molecule has 1 aromatic carbocycles. The van der Waals surface area contributed by atoms with Crippen LogP contribution in [0.15, 0.2) is 30.3 Å². The van der Waals surface area contributed by atoms with Gasteiger partial charge >= 0.3 is 16.4 Å². The van der Waals surface area contributed by atoms with E-state index < -0.39 is 21.9 Å². The Kier molecular flexibility index (Phi) is 8.65. The number of hydrogen-bond donors (Lipinski definition) is 3. The van der Waals surface area contributed by atoms with Crippen molar-refractivity contribution in [1.82, 2.24) is 4.90 Å². The van der Waals surface area contributed by atoms with Crippen molar-refractivity contribution in [1.29, 1.82) is 0 Å². The number of esters is 1. The summed E-state index contributed by atoms with van der Waals surface area (Å²) in [6.45, 7) is 1.04. The summed E-state index contributed by atoms with van der Waals surface area (Å²) in [6, 6.07) is 9.50. The van der Waals surface area contributed by atoms with Crippen LogP contribution in [-0.2, 0) is 19.9 Å². The highest BCUT2D eigenvalue weighted by atomic mass is 32.3. The summed E-state index contributed by atoms with van der Waals surface area (Å²) < 4.78 is 37.0. The smallest absolute Gasteiger partial charge is 0.394 e. The van der Waals surface area contributed by atoms with Crippen molar-refractivity contribution in [3.8, 4) is 0 Å². The van der Waals surface area contributed by atoms with E-state index in [0.717, 1.165) is 18.4 Å². The number of carbonyl (C=O) groups excluding carboxylic acids is 1. The first kappa shape index (κ1) is 22.5. The van der Waals surface area contributed by atoms with Crippen molar-refractivity contribution in [3.05, 3.63) is 35.9 Å². The molecule has 1 saturated carbocycles. The molecule has 0 spiro atoms. The van der Waals surface area contributed by atoms with Crippen LogP contribution in [0.2, 0.25) is 0 Å². The number of carbonyl (C=O) groups is 1. The topological polar surface area (TPSA) is 124 Å². The van der Waals surface area contributed by atoms with Gasteiger partial charge in [0.05, 0.1) is 5.60 Å². The highest BCUT2D eigenvalue weighted by Gasteiger charge is 2.45. The summed E-state index contributed by atoms with van der Waals surface area (Å²) in [6.07, 6.45) is 3.25. The van der Waals surface area contributed by atoms with Crippen LogP contribution in [-0.4, -0.2) is 66.3 Å². The lowest BCUT2D eigenvalue weighted by atomic mass is 9.81. The predicted octanol–water partition coefficient (Wildman–Crippen LogP) is 1.53. The summed E-state index contributed by atoms with van der Waals surface area (Å²) in [4.78, 5) is 14.5. The molecular formula is C17H27NO7S. The van der Waals surface area contributed by atoms with Gasteiger partial charge < -0.3 is 14.7 Å². The summed E-state index contributed by atoms with van der Waals surface area (Å²) in [5.41, 5.74) is -0.118. The normalized spacial score (nSPS) is 17.3. The van der Waals surface area contributed by atoms with Crippen molar-refractivity contribution < 1.29 is 32.2 Å². The minimum Gasteiger partial charge on any atom is -0.464 e. The first-order chi connectivity index (χ1) is 12.0. The molecule has 1 aromatic rings. The van der Waals surface area contributed by atoms with Crippen molar-refractivity contribution in [3.63, 3.8) is 0 Å². The molecule has 1 aliphatic carbocycles. The van der Waals surface area contributed by atoms with Crippen LogP contribution in [0.1, 0.15) is 37.2 Å². The quantitative estimate of drug-likeness (QED) is 0.494. The predicted molar refractivity (Wildman–Crippen MR) is 96.3 cm³/mol. The van der Waals surface area contributed by atoms with Crippen molar-refractivity contribution in [2.24, 2.45) is 0 Å². The van der Waals surface area contributed by atoms with Gasteiger partial charge in [0.25, 0.3) is 0 Å². The molecule has 8 nitrogen and oxygen atoms in total. The number of rotatable bonds is 6. The van der Waals surface area contributed by atoms with Crippen LogP contribution in [0.5, 0.6) is 0 Å². The van der Waals surface area contributed by atoms with Gasteiger partial charge in [-0.15, -0.1) is 0 Å². The molecule has 1 fully saturated rings. The molecule has 148 valence electrons. The van der Waals surface area contributed by atoms with Crippen LogP contribution >= 0.6 is 0 Å². The van der Waals surface area contributed by atoms with Gasteiger partial charge in [-0.1, -0.05) is 43.2 Å². The monoisotopic (exact) mass is 389 g/mol. The molecular weight excluding hydrogens is 362 g/mol. The molecule has 26 heavy (non-hydrogen) atoms. The summed E-state index contributed by atoms with van der Waals surface area (Å²) in [5.74, 6) is -0.893. The van der Waals surface area contributed by atoms with E-state index in [1.54, 1.807) is 0 Å². The lowest BCUT2D eigenvalue weighted by Gasteiger charge is -2.31. The van der Waals surface area contributed by atoms with E-state index in [1.807, 2.05) is 49.3 Å². The molecule has 2 rings (SSSR count). The fraction of sp³-hybridized carbons (Fsp3) is 0.588. The Morgan fingerprint density at radius 3 is 2.15 bits per heavy atom. The van der Waals surface area contributed by atoms with E-state index in [1.165, 1.54) is 0 Å². The second-order valence-electron chi connectivity index (χ2n) is 6.57.